The fourth-order valence-corrected chi connectivity index (χ4v) is 3.44. The molecule has 0 aliphatic heterocycles. The molecule has 3 aromatic rings. The Balaban J connectivity index is 1.55. The van der Waals surface area contributed by atoms with Gasteiger partial charge in [0.15, 0.2) is 0 Å². The first-order valence-electron chi connectivity index (χ1n) is 9.82. The van der Waals surface area contributed by atoms with Crippen LogP contribution in [0.2, 0.25) is 0 Å². The molecule has 27 heavy (non-hydrogen) atoms. The van der Waals surface area contributed by atoms with E-state index < -0.39 is 0 Å². The average Bonchev–Trinajstić information content (AvgIpc) is 3.12. The number of para-hydroxylation sites is 1. The number of hydrogen-bond donors (Lipinski definition) is 2. The predicted molar refractivity (Wildman–Crippen MR) is 112 cm³/mol. The molecule has 2 aromatic carbocycles. The third-order valence-corrected chi connectivity index (χ3v) is 5.18. The first-order chi connectivity index (χ1) is 13.2. The predicted octanol–water partition coefficient (Wildman–Crippen LogP) is 4.26. The zero-order chi connectivity index (χ0) is 19.1. The maximum absolute atomic E-state index is 12.4. The van der Waals surface area contributed by atoms with Crippen molar-refractivity contribution in [2.75, 3.05) is 13.1 Å². The molecule has 0 bridgehead atoms. The molecule has 142 valence electrons. The molecule has 0 aliphatic carbocycles. The third-order valence-electron chi connectivity index (χ3n) is 5.18. The van der Waals surface area contributed by atoms with Crippen molar-refractivity contribution in [3.63, 3.8) is 0 Å². The maximum atomic E-state index is 12.4. The van der Waals surface area contributed by atoms with E-state index in [2.05, 4.69) is 59.4 Å². The van der Waals surface area contributed by atoms with Crippen molar-refractivity contribution in [3.05, 3.63) is 71.4 Å². The molecule has 0 radical (unpaired) electrons. The molecule has 0 saturated carbocycles. The van der Waals surface area contributed by atoms with Crippen molar-refractivity contribution in [1.82, 2.24) is 15.2 Å². The molecule has 0 aliphatic rings. The molecule has 4 heteroatoms. The molecular formula is C23H29N3O. The number of aromatic amines is 1. The highest BCUT2D eigenvalue weighted by molar-refractivity contribution is 5.84. The van der Waals surface area contributed by atoms with Crippen LogP contribution in [0.4, 0.5) is 0 Å². The summed E-state index contributed by atoms with van der Waals surface area (Å²) in [4.78, 5) is 18.0. The van der Waals surface area contributed by atoms with Gasteiger partial charge in [0.05, 0.1) is 0 Å². The Morgan fingerprint density at radius 3 is 2.44 bits per heavy atom. The molecule has 1 aromatic heterocycles. The maximum Gasteiger partial charge on any atom is 0.220 e. The number of nitrogens with one attached hydrogen (secondary N) is 2. The van der Waals surface area contributed by atoms with Gasteiger partial charge in [0, 0.05) is 36.6 Å². The molecule has 0 fully saturated rings. The highest BCUT2D eigenvalue weighted by atomic mass is 16.1. The van der Waals surface area contributed by atoms with Gasteiger partial charge in [0.1, 0.15) is 0 Å². The van der Waals surface area contributed by atoms with Crippen LogP contribution in [0.1, 0.15) is 37.0 Å². The van der Waals surface area contributed by atoms with Crippen molar-refractivity contribution < 1.29 is 4.79 Å². The summed E-state index contributed by atoms with van der Waals surface area (Å²) < 4.78 is 0. The zero-order valence-electron chi connectivity index (χ0n) is 16.3. The number of hydrogen-bond acceptors (Lipinski definition) is 2. The Kier molecular flexibility index (Phi) is 6.66. The Morgan fingerprint density at radius 1 is 0.963 bits per heavy atom. The van der Waals surface area contributed by atoms with Gasteiger partial charge >= 0.3 is 0 Å². The van der Waals surface area contributed by atoms with Gasteiger partial charge in [-0.05, 0) is 42.3 Å². The highest BCUT2D eigenvalue weighted by Gasteiger charge is 2.09. The van der Waals surface area contributed by atoms with E-state index in [1.807, 2.05) is 24.4 Å². The van der Waals surface area contributed by atoms with Gasteiger partial charge in [0.25, 0.3) is 0 Å². The summed E-state index contributed by atoms with van der Waals surface area (Å²) in [5.74, 6) is 0.0953. The monoisotopic (exact) mass is 363 g/mol. The van der Waals surface area contributed by atoms with Crippen molar-refractivity contribution in [2.45, 2.75) is 39.8 Å². The van der Waals surface area contributed by atoms with E-state index in [4.69, 9.17) is 0 Å². The first-order valence-corrected chi connectivity index (χ1v) is 9.82. The second-order valence-electron chi connectivity index (χ2n) is 6.87. The van der Waals surface area contributed by atoms with Crippen LogP contribution in [0.3, 0.4) is 0 Å². The summed E-state index contributed by atoms with van der Waals surface area (Å²) in [6, 6.07) is 16.6. The van der Waals surface area contributed by atoms with Crippen LogP contribution in [0, 0.1) is 0 Å². The largest absolute Gasteiger partial charge is 0.361 e. The number of nitrogens with zero attached hydrogens (tertiary/aromatic N) is 1. The first kappa shape index (κ1) is 19.2. The average molecular weight is 364 g/mol. The van der Waals surface area contributed by atoms with Crippen LogP contribution in [0.15, 0.2) is 54.7 Å². The normalized spacial score (nSPS) is 11.2. The topological polar surface area (TPSA) is 48.1 Å². The van der Waals surface area contributed by atoms with E-state index >= 15 is 0 Å². The molecule has 0 saturated heterocycles. The van der Waals surface area contributed by atoms with Gasteiger partial charge in [0.2, 0.25) is 5.91 Å². The van der Waals surface area contributed by atoms with Gasteiger partial charge in [-0.2, -0.15) is 0 Å². The van der Waals surface area contributed by atoms with Gasteiger partial charge in [-0.1, -0.05) is 56.3 Å². The lowest BCUT2D eigenvalue weighted by Crippen LogP contribution is -2.26. The van der Waals surface area contributed by atoms with Gasteiger partial charge in [-0.25, -0.2) is 0 Å². The van der Waals surface area contributed by atoms with Crippen LogP contribution in [-0.4, -0.2) is 28.9 Å². The number of carbonyl (C=O) groups excluding carboxylic acids is 1. The van der Waals surface area contributed by atoms with Gasteiger partial charge in [-0.3, -0.25) is 9.69 Å². The summed E-state index contributed by atoms with van der Waals surface area (Å²) in [5.41, 5.74) is 4.81. The van der Waals surface area contributed by atoms with Crippen LogP contribution >= 0.6 is 0 Å². The van der Waals surface area contributed by atoms with E-state index in [1.54, 1.807) is 0 Å². The molecule has 2 N–H and O–H groups in total. The Morgan fingerprint density at radius 2 is 1.67 bits per heavy atom. The summed E-state index contributed by atoms with van der Waals surface area (Å²) in [6.45, 7) is 7.93. The minimum atomic E-state index is 0.0953. The number of carbonyl (C=O) groups is 1. The lowest BCUT2D eigenvalue weighted by atomic mass is 10.1. The SMILES string of the molecule is CCN(CC)Cc1ccccc1CNC(=O)CCc1c[nH]c2ccccc12. The summed E-state index contributed by atoms with van der Waals surface area (Å²) in [7, 11) is 0. The molecule has 1 heterocycles. The lowest BCUT2D eigenvalue weighted by molar-refractivity contribution is -0.121. The number of fused-ring (bicyclic) bond motifs is 1. The Hall–Kier alpha value is -2.59. The highest BCUT2D eigenvalue weighted by Crippen LogP contribution is 2.19. The molecule has 0 atom stereocenters. The van der Waals surface area contributed by atoms with Gasteiger partial charge in [-0.15, -0.1) is 0 Å². The molecule has 3 rings (SSSR count). The van der Waals surface area contributed by atoms with Crippen molar-refractivity contribution >= 4 is 16.8 Å². The van der Waals surface area contributed by atoms with Gasteiger partial charge < -0.3 is 10.3 Å². The number of aromatic nitrogens is 1. The molecule has 0 spiro atoms. The van der Waals surface area contributed by atoms with Crippen LogP contribution in [0.5, 0.6) is 0 Å². The fraction of sp³-hybridized carbons (Fsp3) is 0.348. The lowest BCUT2D eigenvalue weighted by Gasteiger charge is -2.20. The number of rotatable bonds is 9. The van der Waals surface area contributed by atoms with E-state index in [1.165, 1.54) is 22.1 Å². The third kappa shape index (κ3) is 4.98. The van der Waals surface area contributed by atoms with Crippen LogP contribution < -0.4 is 5.32 Å². The van der Waals surface area contributed by atoms with Crippen LogP contribution in [-0.2, 0) is 24.3 Å². The Labute approximate surface area is 161 Å². The molecular weight excluding hydrogens is 334 g/mol. The van der Waals surface area contributed by atoms with Crippen molar-refractivity contribution in [3.8, 4) is 0 Å². The second-order valence-corrected chi connectivity index (χ2v) is 6.87. The number of H-pyrrole nitrogens is 1. The summed E-state index contributed by atoms with van der Waals surface area (Å²) >= 11 is 0. The van der Waals surface area contributed by atoms with Crippen LogP contribution in [0.25, 0.3) is 10.9 Å². The molecule has 1 amide bonds. The quantitative estimate of drug-likeness (QED) is 0.597. The standard InChI is InChI=1S/C23H29N3O/c1-3-26(4-2)17-20-10-6-5-9-18(20)15-25-23(27)14-13-19-16-24-22-12-8-7-11-21(19)22/h5-12,16,24H,3-4,13-15,17H2,1-2H3,(H,25,27). The zero-order valence-corrected chi connectivity index (χ0v) is 16.3. The number of benzene rings is 2. The Bertz CT molecular complexity index is 880. The smallest absolute Gasteiger partial charge is 0.220 e. The fourth-order valence-electron chi connectivity index (χ4n) is 3.44. The molecule has 0 unspecified atom stereocenters. The minimum Gasteiger partial charge on any atom is -0.361 e. The van der Waals surface area contributed by atoms with E-state index in [-0.39, 0.29) is 5.91 Å². The second kappa shape index (κ2) is 9.38. The van der Waals surface area contributed by atoms with E-state index in [0.717, 1.165) is 31.6 Å². The number of amides is 1. The summed E-state index contributed by atoms with van der Waals surface area (Å²) in [6.07, 6.45) is 3.26. The van der Waals surface area contributed by atoms with Crippen molar-refractivity contribution in [2.24, 2.45) is 0 Å². The molecule has 4 nitrogen and oxygen atoms in total. The van der Waals surface area contributed by atoms with E-state index in [0.29, 0.717) is 13.0 Å². The number of aryl methyl sites for hydroxylation is 1. The minimum absolute atomic E-state index is 0.0953. The van der Waals surface area contributed by atoms with E-state index in [9.17, 15) is 4.79 Å². The summed E-state index contributed by atoms with van der Waals surface area (Å²) in [5, 5.41) is 4.30. The van der Waals surface area contributed by atoms with Crippen molar-refractivity contribution in [1.29, 1.82) is 0 Å².